The number of aromatic nitrogens is 1. The Bertz CT molecular complexity index is 1680. The molecule has 0 aliphatic heterocycles. The molecule has 2 nitrogen and oxygen atoms in total. The fourth-order valence-electron chi connectivity index (χ4n) is 5.25. The first-order valence-corrected chi connectivity index (χ1v) is 13.5. The molecule has 1 aromatic heterocycles. The van der Waals surface area contributed by atoms with E-state index < -0.39 is 0 Å². The Balaban J connectivity index is 1.42. The number of hydrogen-bond acceptors (Lipinski definition) is 1. The number of anilines is 3. The highest BCUT2D eigenvalue weighted by Gasteiger charge is 2.16. The predicted molar refractivity (Wildman–Crippen MR) is 164 cm³/mol. The van der Waals surface area contributed by atoms with Gasteiger partial charge in [-0.2, -0.15) is 0 Å². The van der Waals surface area contributed by atoms with Gasteiger partial charge in [0.1, 0.15) is 0 Å². The van der Waals surface area contributed by atoms with Crippen LogP contribution in [0.2, 0.25) is 0 Å². The summed E-state index contributed by atoms with van der Waals surface area (Å²) in [4.78, 5) is 2.35. The molecule has 5 aromatic carbocycles. The van der Waals surface area contributed by atoms with E-state index in [4.69, 9.17) is 0 Å². The van der Waals surface area contributed by atoms with Crippen LogP contribution in [0.3, 0.4) is 0 Å². The van der Waals surface area contributed by atoms with E-state index in [0.717, 1.165) is 23.6 Å². The van der Waals surface area contributed by atoms with Crippen molar-refractivity contribution in [2.75, 3.05) is 4.90 Å². The van der Waals surface area contributed by atoms with Gasteiger partial charge in [0, 0.05) is 45.4 Å². The number of rotatable bonds is 8. The summed E-state index contributed by atoms with van der Waals surface area (Å²) in [6.07, 6.45) is 6.69. The summed E-state index contributed by atoms with van der Waals surface area (Å²) in [5, 5.41) is 2.62. The zero-order valence-corrected chi connectivity index (χ0v) is 21.8. The summed E-state index contributed by atoms with van der Waals surface area (Å²) >= 11 is 0. The molecule has 6 rings (SSSR count). The third kappa shape index (κ3) is 4.73. The number of benzene rings is 5. The SMILES string of the molecule is CCCCn1c2ccccc2c2cc(N(c3ccccc3)c3ccc(/C=C/c4ccccc4)cc3)ccc21. The smallest absolute Gasteiger partial charge is 0.0492 e. The summed E-state index contributed by atoms with van der Waals surface area (Å²) in [7, 11) is 0. The first-order chi connectivity index (χ1) is 18.8. The molecule has 0 unspecified atom stereocenters. The Morgan fingerprint density at radius 1 is 0.553 bits per heavy atom. The summed E-state index contributed by atoms with van der Waals surface area (Å²) in [5.41, 5.74) is 8.45. The molecule has 6 aromatic rings. The molecular formula is C36H32N2. The standard InChI is InChI=1S/C36H32N2/c1-2-3-26-37-35-17-11-10-16-33(35)34-27-32(24-25-36(34)37)38(30-14-8-5-9-15-30)31-22-20-29(21-23-31)19-18-28-12-6-4-7-13-28/h4-25,27H,2-3,26H2,1H3/b19-18+. The van der Waals surface area contributed by atoms with Gasteiger partial charge in [-0.1, -0.05) is 104 Å². The molecule has 0 atom stereocenters. The van der Waals surface area contributed by atoms with E-state index in [1.165, 1.54) is 45.8 Å². The lowest BCUT2D eigenvalue weighted by molar-refractivity contribution is 0.665. The van der Waals surface area contributed by atoms with Crippen molar-refractivity contribution in [2.45, 2.75) is 26.3 Å². The molecule has 0 spiro atoms. The van der Waals surface area contributed by atoms with E-state index in [1.54, 1.807) is 0 Å². The Morgan fingerprint density at radius 3 is 1.87 bits per heavy atom. The van der Waals surface area contributed by atoms with E-state index in [-0.39, 0.29) is 0 Å². The minimum absolute atomic E-state index is 1.04. The number of hydrogen-bond donors (Lipinski definition) is 0. The molecule has 0 fully saturated rings. The predicted octanol–water partition coefficient (Wildman–Crippen LogP) is 10.2. The summed E-state index contributed by atoms with van der Waals surface area (Å²) in [6, 6.07) is 45.6. The monoisotopic (exact) mass is 492 g/mol. The van der Waals surface area contributed by atoms with Gasteiger partial charge in [0.25, 0.3) is 0 Å². The van der Waals surface area contributed by atoms with E-state index in [2.05, 4.69) is 150 Å². The minimum atomic E-state index is 1.04. The lowest BCUT2D eigenvalue weighted by Crippen LogP contribution is -2.09. The highest BCUT2D eigenvalue weighted by atomic mass is 15.1. The van der Waals surface area contributed by atoms with Crippen molar-refractivity contribution in [3.63, 3.8) is 0 Å². The summed E-state index contributed by atoms with van der Waals surface area (Å²) in [6.45, 7) is 3.30. The molecule has 0 amide bonds. The first-order valence-electron chi connectivity index (χ1n) is 13.5. The maximum absolute atomic E-state index is 2.48. The lowest BCUT2D eigenvalue weighted by Gasteiger charge is -2.25. The van der Waals surface area contributed by atoms with Gasteiger partial charge in [0.15, 0.2) is 0 Å². The van der Waals surface area contributed by atoms with Gasteiger partial charge >= 0.3 is 0 Å². The van der Waals surface area contributed by atoms with Crippen LogP contribution >= 0.6 is 0 Å². The van der Waals surface area contributed by atoms with Gasteiger partial charge in [0.05, 0.1) is 0 Å². The maximum atomic E-state index is 2.48. The van der Waals surface area contributed by atoms with Crippen molar-refractivity contribution in [1.29, 1.82) is 0 Å². The van der Waals surface area contributed by atoms with Crippen molar-refractivity contribution in [3.8, 4) is 0 Å². The fraction of sp³-hybridized carbons (Fsp3) is 0.111. The Labute approximate surface area is 225 Å². The second-order valence-corrected chi connectivity index (χ2v) is 9.73. The molecule has 0 aliphatic rings. The van der Waals surface area contributed by atoms with Gasteiger partial charge in [0.2, 0.25) is 0 Å². The highest BCUT2D eigenvalue weighted by Crippen LogP contribution is 2.38. The number of para-hydroxylation sites is 2. The lowest BCUT2D eigenvalue weighted by atomic mass is 10.1. The molecule has 0 radical (unpaired) electrons. The fourth-order valence-corrected chi connectivity index (χ4v) is 5.25. The van der Waals surface area contributed by atoms with Crippen LogP contribution in [-0.2, 0) is 6.54 Å². The largest absolute Gasteiger partial charge is 0.340 e. The normalized spacial score (nSPS) is 11.5. The molecule has 38 heavy (non-hydrogen) atoms. The zero-order valence-electron chi connectivity index (χ0n) is 21.8. The summed E-state index contributed by atoms with van der Waals surface area (Å²) < 4.78 is 2.48. The number of unbranched alkanes of at least 4 members (excludes halogenated alkanes) is 1. The molecule has 1 heterocycles. The van der Waals surface area contributed by atoms with Crippen LogP contribution in [0.25, 0.3) is 34.0 Å². The summed E-state index contributed by atoms with van der Waals surface area (Å²) in [5.74, 6) is 0. The van der Waals surface area contributed by atoms with Gasteiger partial charge in [-0.05, 0) is 66.1 Å². The molecule has 0 aliphatic carbocycles. The van der Waals surface area contributed by atoms with Gasteiger partial charge < -0.3 is 9.47 Å². The molecule has 2 heteroatoms. The van der Waals surface area contributed by atoms with E-state index in [1.807, 2.05) is 6.07 Å². The quantitative estimate of drug-likeness (QED) is 0.192. The van der Waals surface area contributed by atoms with Crippen LogP contribution in [0, 0.1) is 0 Å². The van der Waals surface area contributed by atoms with Gasteiger partial charge in [-0.15, -0.1) is 0 Å². The Morgan fingerprint density at radius 2 is 1.13 bits per heavy atom. The van der Waals surface area contributed by atoms with E-state index in [0.29, 0.717) is 0 Å². The minimum Gasteiger partial charge on any atom is -0.340 e. The third-order valence-electron chi connectivity index (χ3n) is 7.18. The van der Waals surface area contributed by atoms with Crippen molar-refractivity contribution < 1.29 is 0 Å². The topological polar surface area (TPSA) is 8.17 Å². The van der Waals surface area contributed by atoms with E-state index in [9.17, 15) is 0 Å². The number of aryl methyl sites for hydroxylation is 1. The maximum Gasteiger partial charge on any atom is 0.0492 e. The van der Waals surface area contributed by atoms with Crippen molar-refractivity contribution in [2.24, 2.45) is 0 Å². The first kappa shape index (κ1) is 23.8. The number of fused-ring (bicyclic) bond motifs is 3. The van der Waals surface area contributed by atoms with Gasteiger partial charge in [-0.25, -0.2) is 0 Å². The van der Waals surface area contributed by atoms with Crippen LogP contribution in [0.15, 0.2) is 127 Å². The van der Waals surface area contributed by atoms with Crippen LogP contribution in [0.5, 0.6) is 0 Å². The van der Waals surface area contributed by atoms with Gasteiger partial charge in [-0.3, -0.25) is 0 Å². The van der Waals surface area contributed by atoms with Crippen LogP contribution in [0.4, 0.5) is 17.1 Å². The Kier molecular flexibility index (Phi) is 6.78. The Hall–Kier alpha value is -4.56. The van der Waals surface area contributed by atoms with Crippen LogP contribution < -0.4 is 4.90 Å². The third-order valence-corrected chi connectivity index (χ3v) is 7.18. The average Bonchev–Trinajstić information content (AvgIpc) is 3.30. The van der Waals surface area contributed by atoms with Crippen molar-refractivity contribution in [1.82, 2.24) is 4.57 Å². The number of nitrogens with zero attached hydrogens (tertiary/aromatic N) is 2. The molecule has 0 saturated carbocycles. The van der Waals surface area contributed by atoms with Crippen LogP contribution in [-0.4, -0.2) is 4.57 Å². The molecule has 0 bridgehead atoms. The van der Waals surface area contributed by atoms with Crippen LogP contribution in [0.1, 0.15) is 30.9 Å². The molecule has 186 valence electrons. The average molecular weight is 493 g/mol. The second-order valence-electron chi connectivity index (χ2n) is 9.73. The molecular weight excluding hydrogens is 460 g/mol. The second kappa shape index (κ2) is 10.8. The molecule has 0 saturated heterocycles. The highest BCUT2D eigenvalue weighted by molar-refractivity contribution is 6.09. The molecule has 0 N–H and O–H groups in total. The van der Waals surface area contributed by atoms with E-state index >= 15 is 0 Å². The zero-order chi connectivity index (χ0) is 25.7. The van der Waals surface area contributed by atoms with Crippen molar-refractivity contribution in [3.05, 3.63) is 139 Å². The van der Waals surface area contributed by atoms with Crippen molar-refractivity contribution >= 4 is 51.0 Å².